The summed E-state index contributed by atoms with van der Waals surface area (Å²) in [7, 11) is 0. The molecule has 17 heavy (non-hydrogen) atoms. The Hall–Kier alpha value is -2.31. The van der Waals surface area contributed by atoms with E-state index in [4.69, 9.17) is 0 Å². The van der Waals surface area contributed by atoms with E-state index in [-0.39, 0.29) is 17.7 Å². The highest BCUT2D eigenvalue weighted by atomic mass is 19.1. The molecule has 1 saturated heterocycles. The second-order valence-electron chi connectivity index (χ2n) is 3.51. The Bertz CT molecular complexity index is 527. The van der Waals surface area contributed by atoms with Crippen molar-refractivity contribution in [2.24, 2.45) is 0 Å². The van der Waals surface area contributed by atoms with Crippen LogP contribution in [0.3, 0.4) is 0 Å². The third kappa shape index (κ3) is 1.99. The molecule has 0 aliphatic carbocycles. The number of carbonyl (C=O) groups excluding carboxylic acids is 2. The van der Waals surface area contributed by atoms with E-state index in [2.05, 4.69) is 4.74 Å². The largest absolute Gasteiger partial charge is 0.393 e. The van der Waals surface area contributed by atoms with E-state index in [1.54, 1.807) is 0 Å². The van der Waals surface area contributed by atoms with Crippen LogP contribution in [0.4, 0.5) is 10.1 Å². The number of nitrogens with zero attached hydrogens (tertiary/aromatic N) is 1. The number of rotatable bonds is 2. The van der Waals surface area contributed by atoms with Crippen molar-refractivity contribution in [2.75, 3.05) is 0 Å². The third-order valence-electron chi connectivity index (χ3n) is 2.44. The van der Waals surface area contributed by atoms with Crippen molar-refractivity contribution in [1.82, 2.24) is 0 Å². The van der Waals surface area contributed by atoms with E-state index in [1.165, 1.54) is 0 Å². The van der Waals surface area contributed by atoms with Crippen LogP contribution in [0.15, 0.2) is 18.2 Å². The molecule has 2 rings (SSSR count). The highest BCUT2D eigenvalue weighted by Crippen LogP contribution is 2.31. The van der Waals surface area contributed by atoms with Crippen molar-refractivity contribution in [3.8, 4) is 0 Å². The summed E-state index contributed by atoms with van der Waals surface area (Å²) in [5.74, 6) is -3.50. The number of benzene rings is 1. The smallest absolute Gasteiger partial charge is 0.321 e. The van der Waals surface area contributed by atoms with Crippen LogP contribution in [0.25, 0.3) is 0 Å². The van der Waals surface area contributed by atoms with Gasteiger partial charge in [0.15, 0.2) is 0 Å². The molecule has 0 unspecified atom stereocenters. The normalized spacial score (nSPS) is 19.2. The predicted molar refractivity (Wildman–Crippen MR) is 51.5 cm³/mol. The second kappa shape index (κ2) is 3.93. The zero-order valence-electron chi connectivity index (χ0n) is 8.38. The Balaban J connectivity index is 2.44. The maximum Gasteiger partial charge on any atom is 0.321 e. The van der Waals surface area contributed by atoms with Gasteiger partial charge >= 0.3 is 11.9 Å². The molecule has 1 heterocycles. The van der Waals surface area contributed by atoms with Gasteiger partial charge in [-0.2, -0.15) is 0 Å². The van der Waals surface area contributed by atoms with Gasteiger partial charge in [-0.25, -0.2) is 4.39 Å². The van der Waals surface area contributed by atoms with Gasteiger partial charge in [-0.15, -0.1) is 0 Å². The van der Waals surface area contributed by atoms with Crippen LogP contribution < -0.4 is 0 Å². The maximum absolute atomic E-state index is 13.4. The van der Waals surface area contributed by atoms with Gasteiger partial charge in [0, 0.05) is 17.7 Å². The molecular weight excluding hydrogens is 233 g/mol. The molecule has 1 aromatic carbocycles. The molecule has 1 fully saturated rings. The first-order valence-electron chi connectivity index (χ1n) is 4.67. The average molecular weight is 239 g/mol. The number of hydrogen-bond acceptors (Lipinski definition) is 5. The van der Waals surface area contributed by atoms with Gasteiger partial charge in [-0.1, -0.05) is 0 Å². The molecule has 0 spiro atoms. The average Bonchev–Trinajstić information content (AvgIpc) is 2.58. The number of esters is 2. The Labute approximate surface area is 94.1 Å². The van der Waals surface area contributed by atoms with Crippen LogP contribution in [0.1, 0.15) is 17.9 Å². The van der Waals surface area contributed by atoms with E-state index in [1.807, 2.05) is 0 Å². The van der Waals surface area contributed by atoms with Gasteiger partial charge < -0.3 is 4.74 Å². The molecule has 0 saturated carbocycles. The lowest BCUT2D eigenvalue weighted by Gasteiger charge is -2.05. The lowest BCUT2D eigenvalue weighted by molar-refractivity contribution is -0.385. The Morgan fingerprint density at radius 1 is 1.41 bits per heavy atom. The molecule has 1 aliphatic heterocycles. The summed E-state index contributed by atoms with van der Waals surface area (Å²) in [5.41, 5.74) is -0.524. The number of nitro groups is 1. The third-order valence-corrected chi connectivity index (χ3v) is 2.44. The molecule has 1 aromatic rings. The summed E-state index contributed by atoms with van der Waals surface area (Å²) in [6, 6.07) is 2.82. The number of nitro benzene ring substituents is 1. The van der Waals surface area contributed by atoms with Crippen LogP contribution in [0.2, 0.25) is 0 Å². The minimum Gasteiger partial charge on any atom is -0.393 e. The van der Waals surface area contributed by atoms with Crippen LogP contribution in [0, 0.1) is 15.9 Å². The Kier molecular flexibility index (Phi) is 2.58. The number of carbonyl (C=O) groups is 2. The van der Waals surface area contributed by atoms with Crippen LogP contribution in [-0.4, -0.2) is 16.9 Å². The highest BCUT2D eigenvalue weighted by Gasteiger charge is 2.37. The summed E-state index contributed by atoms with van der Waals surface area (Å²) >= 11 is 0. The summed E-state index contributed by atoms with van der Waals surface area (Å²) in [5, 5.41) is 10.5. The Morgan fingerprint density at radius 3 is 2.65 bits per heavy atom. The van der Waals surface area contributed by atoms with E-state index in [9.17, 15) is 24.1 Å². The van der Waals surface area contributed by atoms with Gasteiger partial charge in [0.1, 0.15) is 5.82 Å². The fourth-order valence-corrected chi connectivity index (χ4v) is 1.62. The van der Waals surface area contributed by atoms with Gasteiger partial charge in [0.25, 0.3) is 5.69 Å². The molecular formula is C10H6FNO5. The molecule has 7 heteroatoms. The van der Waals surface area contributed by atoms with Crippen molar-refractivity contribution in [1.29, 1.82) is 0 Å². The monoisotopic (exact) mass is 239 g/mol. The Morgan fingerprint density at radius 2 is 2.12 bits per heavy atom. The zero-order chi connectivity index (χ0) is 12.6. The molecule has 0 N–H and O–H groups in total. The number of cyclic esters (lactones) is 2. The molecule has 0 bridgehead atoms. The minimum atomic E-state index is -1.10. The molecule has 0 amide bonds. The van der Waals surface area contributed by atoms with Crippen LogP contribution in [-0.2, 0) is 14.3 Å². The standard InChI is InChI=1S/C10H6FNO5/c11-8-2-1-5(12(15)16)3-6(8)7-4-9(13)17-10(7)14/h1-3,7H,4H2/t7-/m1/s1. The van der Waals surface area contributed by atoms with Crippen molar-refractivity contribution < 1.29 is 23.6 Å². The highest BCUT2D eigenvalue weighted by molar-refractivity contribution is 5.97. The van der Waals surface area contributed by atoms with E-state index < -0.39 is 28.6 Å². The first-order valence-corrected chi connectivity index (χ1v) is 4.67. The van der Waals surface area contributed by atoms with Crippen molar-refractivity contribution in [3.63, 3.8) is 0 Å². The quantitative estimate of drug-likeness (QED) is 0.336. The summed E-state index contributed by atoms with van der Waals surface area (Å²) in [6.45, 7) is 0. The first-order chi connectivity index (χ1) is 7.99. The van der Waals surface area contributed by atoms with Crippen LogP contribution >= 0.6 is 0 Å². The second-order valence-corrected chi connectivity index (χ2v) is 3.51. The number of non-ortho nitro benzene ring substituents is 1. The molecule has 1 aliphatic rings. The van der Waals surface area contributed by atoms with Gasteiger partial charge in [0.2, 0.25) is 0 Å². The SMILES string of the molecule is O=C1C[C@H](c2cc([N+](=O)[O-])ccc2F)C(=O)O1. The maximum atomic E-state index is 13.4. The summed E-state index contributed by atoms with van der Waals surface area (Å²) in [4.78, 5) is 31.9. The lowest BCUT2D eigenvalue weighted by atomic mass is 9.96. The number of hydrogen-bond donors (Lipinski definition) is 0. The van der Waals surface area contributed by atoms with E-state index >= 15 is 0 Å². The molecule has 6 nitrogen and oxygen atoms in total. The fraction of sp³-hybridized carbons (Fsp3) is 0.200. The van der Waals surface area contributed by atoms with Gasteiger partial charge in [0.05, 0.1) is 17.3 Å². The number of halogens is 1. The summed E-state index contributed by atoms with van der Waals surface area (Å²) in [6.07, 6.45) is -0.295. The van der Waals surface area contributed by atoms with E-state index in [0.29, 0.717) is 0 Å². The zero-order valence-corrected chi connectivity index (χ0v) is 8.38. The van der Waals surface area contributed by atoms with Crippen LogP contribution in [0.5, 0.6) is 0 Å². The predicted octanol–water partition coefficient (Wildman–Crippen LogP) is 1.29. The van der Waals surface area contributed by atoms with Crippen molar-refractivity contribution >= 4 is 17.6 Å². The molecule has 88 valence electrons. The topological polar surface area (TPSA) is 86.5 Å². The molecule has 0 aromatic heterocycles. The fourth-order valence-electron chi connectivity index (χ4n) is 1.62. The first kappa shape index (κ1) is 11.2. The molecule has 0 radical (unpaired) electrons. The van der Waals surface area contributed by atoms with Crippen molar-refractivity contribution in [3.05, 3.63) is 39.7 Å². The van der Waals surface area contributed by atoms with Gasteiger partial charge in [-0.05, 0) is 6.07 Å². The lowest BCUT2D eigenvalue weighted by Crippen LogP contribution is -2.08. The van der Waals surface area contributed by atoms with Gasteiger partial charge in [-0.3, -0.25) is 19.7 Å². The van der Waals surface area contributed by atoms with E-state index in [0.717, 1.165) is 18.2 Å². The minimum absolute atomic E-state index is 0.185. The number of ether oxygens (including phenoxy) is 1. The molecule has 1 atom stereocenters. The summed E-state index contributed by atoms with van der Waals surface area (Å²) < 4.78 is 17.7. The van der Waals surface area contributed by atoms with Crippen molar-refractivity contribution in [2.45, 2.75) is 12.3 Å².